The van der Waals surface area contributed by atoms with Crippen molar-refractivity contribution in [1.29, 1.82) is 0 Å². The zero-order chi connectivity index (χ0) is 32.9. The number of nitrogens with zero attached hydrogens (tertiary/aromatic N) is 2. The Kier molecular flexibility index (Phi) is 10.9. The first kappa shape index (κ1) is 33.6. The molecule has 0 spiro atoms. The second kappa shape index (κ2) is 15.3. The van der Waals surface area contributed by atoms with Gasteiger partial charge in [-0.15, -0.1) is 0 Å². The van der Waals surface area contributed by atoms with E-state index < -0.39 is 0 Å². The number of carbonyl (C=O) groups excluding carboxylic acids is 1. The van der Waals surface area contributed by atoms with Crippen LogP contribution in [0.5, 0.6) is 17.4 Å². The maximum Gasteiger partial charge on any atom is 0.252 e. The molecule has 11 heteroatoms. The van der Waals surface area contributed by atoms with Crippen molar-refractivity contribution in [3.63, 3.8) is 0 Å². The summed E-state index contributed by atoms with van der Waals surface area (Å²) >= 11 is 12.6. The van der Waals surface area contributed by atoms with Crippen molar-refractivity contribution >= 4 is 34.7 Å². The molecule has 1 aromatic heterocycles. The number of aryl methyl sites for hydroxylation is 1. The van der Waals surface area contributed by atoms with E-state index in [2.05, 4.69) is 15.6 Å². The fourth-order valence-corrected chi connectivity index (χ4v) is 7.02. The summed E-state index contributed by atoms with van der Waals surface area (Å²) in [5.74, 6) is 1.80. The molecule has 6 rings (SSSR count). The number of hydrogen-bond acceptors (Lipinski definition) is 8. The highest BCUT2D eigenvalue weighted by atomic mass is 35.5. The average Bonchev–Trinajstić information content (AvgIpc) is 3.90. The molecule has 2 atom stereocenters. The number of benzene rings is 2. The van der Waals surface area contributed by atoms with Gasteiger partial charge in [0.2, 0.25) is 5.88 Å². The van der Waals surface area contributed by atoms with Crippen molar-refractivity contribution in [2.75, 3.05) is 39.5 Å². The van der Waals surface area contributed by atoms with Gasteiger partial charge >= 0.3 is 0 Å². The number of piperazine rings is 1. The Morgan fingerprint density at radius 1 is 1.00 bits per heavy atom. The molecule has 3 aliphatic rings. The van der Waals surface area contributed by atoms with Gasteiger partial charge in [0.25, 0.3) is 5.91 Å². The molecule has 3 aromatic rings. The average molecular weight is 682 g/mol. The topological polar surface area (TPSA) is 105 Å². The zero-order valence-electron chi connectivity index (χ0n) is 26.9. The van der Waals surface area contributed by atoms with E-state index in [1.807, 2.05) is 61.2 Å². The van der Waals surface area contributed by atoms with E-state index >= 15 is 0 Å². The Labute approximate surface area is 286 Å². The summed E-state index contributed by atoms with van der Waals surface area (Å²) in [6.45, 7) is 7.04. The van der Waals surface area contributed by atoms with Crippen LogP contribution < -0.4 is 24.8 Å². The van der Waals surface area contributed by atoms with Crippen LogP contribution in [-0.2, 0) is 11.3 Å². The van der Waals surface area contributed by atoms with Gasteiger partial charge in [0.15, 0.2) is 5.75 Å². The second-order valence-corrected chi connectivity index (χ2v) is 13.3. The molecule has 2 aliphatic heterocycles. The normalized spacial score (nSPS) is 19.0. The van der Waals surface area contributed by atoms with Crippen molar-refractivity contribution in [3.05, 3.63) is 86.5 Å². The van der Waals surface area contributed by atoms with Gasteiger partial charge in [0, 0.05) is 62.1 Å². The highest BCUT2D eigenvalue weighted by Crippen LogP contribution is 2.38. The summed E-state index contributed by atoms with van der Waals surface area (Å²) in [5, 5.41) is 17.3. The maximum atomic E-state index is 14.6. The lowest BCUT2D eigenvalue weighted by Gasteiger charge is -2.41. The van der Waals surface area contributed by atoms with E-state index in [0.29, 0.717) is 66.8 Å². The van der Waals surface area contributed by atoms with E-state index in [-0.39, 0.29) is 30.6 Å². The Morgan fingerprint density at radius 2 is 1.74 bits per heavy atom. The number of nitrogens with one attached hydrogen (secondary N) is 2. The number of halogens is 2. The van der Waals surface area contributed by atoms with Crippen LogP contribution in [0.3, 0.4) is 0 Å². The number of aliphatic hydroxyl groups excluding tert-OH is 1. The molecular weight excluding hydrogens is 639 g/mol. The fraction of sp³-hybridized carbons (Fsp3) is 0.444. The maximum absolute atomic E-state index is 14.6. The van der Waals surface area contributed by atoms with E-state index in [9.17, 15) is 4.79 Å². The highest BCUT2D eigenvalue weighted by Gasteiger charge is 2.41. The monoisotopic (exact) mass is 680 g/mol. The number of ether oxygens (including phenoxy) is 3. The molecule has 3 heterocycles. The van der Waals surface area contributed by atoms with Gasteiger partial charge in [-0.05, 0) is 85.7 Å². The number of amides is 1. The van der Waals surface area contributed by atoms with Crippen molar-refractivity contribution in [2.24, 2.45) is 0 Å². The Bertz CT molecular complexity index is 1590. The number of pyridine rings is 1. The standard InChI is InChI=1S/C36H42Cl2N4O5/c1-22-16-30(37)34(31(38)17-22)46-15-14-45-28-8-4-24(5-9-28)29-18-26-19-39-20-32(41-26)33(29)36(44)42(27-6-7-27)21-25-10-11-40-35(23(25)2)47-13-3-12-43/h4-5,8-11,16-17,26-27,32,39,41,43H,3,6-7,12-15,18-21H2,1-2H3/t26?,32-/m1/s1. The van der Waals surface area contributed by atoms with Crippen LogP contribution in [0, 0.1) is 13.8 Å². The minimum absolute atomic E-state index is 0.0652. The zero-order valence-corrected chi connectivity index (χ0v) is 28.4. The summed E-state index contributed by atoms with van der Waals surface area (Å²) in [4.78, 5) is 21.0. The van der Waals surface area contributed by atoms with E-state index in [0.717, 1.165) is 59.2 Å². The van der Waals surface area contributed by atoms with Crippen LogP contribution in [0.25, 0.3) is 5.57 Å². The minimum atomic E-state index is -0.0735. The molecule has 9 nitrogen and oxygen atoms in total. The lowest BCUT2D eigenvalue weighted by molar-refractivity contribution is -0.128. The van der Waals surface area contributed by atoms with Gasteiger partial charge in [0.1, 0.15) is 19.0 Å². The Hall–Kier alpha value is -3.34. The first-order valence-corrected chi connectivity index (χ1v) is 17.1. The molecule has 1 aliphatic carbocycles. The second-order valence-electron chi connectivity index (χ2n) is 12.4. The quantitative estimate of drug-likeness (QED) is 0.192. The fourth-order valence-electron chi connectivity index (χ4n) is 6.31. The van der Waals surface area contributed by atoms with Crippen molar-refractivity contribution in [1.82, 2.24) is 20.5 Å². The molecule has 1 saturated carbocycles. The number of fused-ring (bicyclic) bond motifs is 2. The van der Waals surface area contributed by atoms with E-state index in [1.165, 1.54) is 0 Å². The Morgan fingerprint density at radius 3 is 2.47 bits per heavy atom. The highest BCUT2D eigenvalue weighted by molar-refractivity contribution is 6.37. The van der Waals surface area contributed by atoms with Gasteiger partial charge in [0.05, 0.1) is 22.7 Å². The van der Waals surface area contributed by atoms with Gasteiger partial charge in [-0.2, -0.15) is 0 Å². The summed E-state index contributed by atoms with van der Waals surface area (Å²) in [6, 6.07) is 14.0. The third kappa shape index (κ3) is 8.04. The van der Waals surface area contributed by atoms with Gasteiger partial charge in [-0.1, -0.05) is 35.3 Å². The molecule has 3 N–H and O–H groups in total. The molecular formula is C36H42Cl2N4O5. The molecule has 2 aromatic carbocycles. The summed E-state index contributed by atoms with van der Waals surface area (Å²) in [7, 11) is 0. The van der Waals surface area contributed by atoms with Crippen LogP contribution in [0.15, 0.2) is 54.2 Å². The van der Waals surface area contributed by atoms with Crippen LogP contribution >= 0.6 is 23.2 Å². The summed E-state index contributed by atoms with van der Waals surface area (Å²) < 4.78 is 17.6. The Balaban J connectivity index is 1.19. The third-order valence-corrected chi connectivity index (χ3v) is 9.44. The number of hydrogen-bond donors (Lipinski definition) is 3. The summed E-state index contributed by atoms with van der Waals surface area (Å²) in [6.07, 6.45) is 5.02. The van der Waals surface area contributed by atoms with Crippen LogP contribution in [0.4, 0.5) is 0 Å². The molecule has 1 amide bonds. The molecule has 47 heavy (non-hydrogen) atoms. The van der Waals surface area contributed by atoms with Crippen LogP contribution in [0.2, 0.25) is 10.0 Å². The molecule has 2 fully saturated rings. The van der Waals surface area contributed by atoms with Crippen LogP contribution in [0.1, 0.15) is 47.9 Å². The molecule has 1 unspecified atom stereocenters. The first-order valence-electron chi connectivity index (χ1n) is 16.3. The lowest BCUT2D eigenvalue weighted by atomic mass is 9.83. The minimum Gasteiger partial charge on any atom is -0.490 e. The number of carbonyl (C=O) groups is 1. The van der Waals surface area contributed by atoms with Crippen molar-refractivity contribution in [2.45, 2.75) is 64.2 Å². The van der Waals surface area contributed by atoms with E-state index in [1.54, 1.807) is 6.20 Å². The van der Waals surface area contributed by atoms with Crippen LogP contribution in [-0.4, -0.2) is 78.5 Å². The molecule has 1 saturated heterocycles. The number of aromatic nitrogens is 1. The molecule has 2 bridgehead atoms. The smallest absolute Gasteiger partial charge is 0.252 e. The van der Waals surface area contributed by atoms with Gasteiger partial charge in [-0.25, -0.2) is 4.98 Å². The number of rotatable bonds is 14. The molecule has 250 valence electrons. The van der Waals surface area contributed by atoms with Gasteiger partial charge < -0.3 is 34.9 Å². The molecule has 0 radical (unpaired) electrons. The predicted octanol–water partition coefficient (Wildman–Crippen LogP) is 5.50. The van der Waals surface area contributed by atoms with Crippen molar-refractivity contribution in [3.8, 4) is 17.4 Å². The lowest BCUT2D eigenvalue weighted by Crippen LogP contribution is -2.60. The predicted molar refractivity (Wildman–Crippen MR) is 183 cm³/mol. The summed E-state index contributed by atoms with van der Waals surface area (Å²) in [5.41, 5.74) is 5.86. The largest absolute Gasteiger partial charge is 0.490 e. The third-order valence-electron chi connectivity index (χ3n) is 8.87. The van der Waals surface area contributed by atoms with Gasteiger partial charge in [-0.3, -0.25) is 4.79 Å². The van der Waals surface area contributed by atoms with E-state index in [4.69, 9.17) is 42.5 Å². The first-order chi connectivity index (χ1) is 22.8. The SMILES string of the molecule is Cc1cc(Cl)c(OCCOc2ccc(C3=C(C(=O)N(Cc4ccnc(OCCCO)c4C)C4CC4)[C@H]4CNCC(C3)N4)cc2)c(Cl)c1. The number of aliphatic hydroxyl groups is 1. The van der Waals surface area contributed by atoms with Crippen molar-refractivity contribution < 1.29 is 24.1 Å².